The van der Waals surface area contributed by atoms with Crippen LogP contribution in [0.4, 0.5) is 5.69 Å². The molecule has 0 heterocycles. The summed E-state index contributed by atoms with van der Waals surface area (Å²) in [5.41, 5.74) is 2.20. The van der Waals surface area contributed by atoms with Crippen molar-refractivity contribution in [2.45, 2.75) is 19.8 Å². The van der Waals surface area contributed by atoms with Crippen molar-refractivity contribution >= 4 is 17.6 Å². The third-order valence-corrected chi connectivity index (χ3v) is 3.51. The van der Waals surface area contributed by atoms with E-state index in [0.29, 0.717) is 11.3 Å². The van der Waals surface area contributed by atoms with Gasteiger partial charge in [-0.05, 0) is 37.1 Å². The fourth-order valence-electron chi connectivity index (χ4n) is 2.14. The monoisotopic (exact) mass is 283 g/mol. The number of rotatable bonds is 4. The maximum atomic E-state index is 12.3. The molecule has 0 saturated carbocycles. The highest BCUT2D eigenvalue weighted by molar-refractivity contribution is 5.98. The molecule has 0 aliphatic rings. The third-order valence-electron chi connectivity index (χ3n) is 3.51. The summed E-state index contributed by atoms with van der Waals surface area (Å²) in [5.74, 6) is -1.47. The first-order valence-corrected chi connectivity index (χ1v) is 6.69. The smallest absolute Gasteiger partial charge is 0.336 e. The topological polar surface area (TPSA) is 66.4 Å². The van der Waals surface area contributed by atoms with E-state index in [1.807, 2.05) is 37.3 Å². The summed E-state index contributed by atoms with van der Waals surface area (Å²) in [4.78, 5) is 23.4. The first-order chi connectivity index (χ1) is 10.0. The van der Waals surface area contributed by atoms with Gasteiger partial charge in [0.05, 0.1) is 11.5 Å². The largest absolute Gasteiger partial charge is 0.478 e. The van der Waals surface area contributed by atoms with Gasteiger partial charge in [-0.1, -0.05) is 36.4 Å². The third kappa shape index (κ3) is 3.28. The van der Waals surface area contributed by atoms with Gasteiger partial charge in [-0.15, -0.1) is 0 Å². The van der Waals surface area contributed by atoms with Crippen molar-refractivity contribution in [3.63, 3.8) is 0 Å². The second-order valence-electron chi connectivity index (χ2n) is 4.90. The molecule has 2 aromatic carbocycles. The quantitative estimate of drug-likeness (QED) is 0.903. The normalized spacial score (nSPS) is 11.7. The summed E-state index contributed by atoms with van der Waals surface area (Å²) in [6.07, 6.45) is 0. The molecular weight excluding hydrogens is 266 g/mol. The molecule has 1 atom stereocenters. The van der Waals surface area contributed by atoms with Gasteiger partial charge in [0.15, 0.2) is 0 Å². The number of carbonyl (C=O) groups is 2. The van der Waals surface area contributed by atoms with Crippen LogP contribution in [0.3, 0.4) is 0 Å². The number of amides is 1. The molecule has 0 bridgehead atoms. The van der Waals surface area contributed by atoms with Gasteiger partial charge in [0.2, 0.25) is 5.91 Å². The average Bonchev–Trinajstić information content (AvgIpc) is 2.49. The minimum atomic E-state index is -1.00. The summed E-state index contributed by atoms with van der Waals surface area (Å²) in [5, 5.41) is 11.9. The van der Waals surface area contributed by atoms with Gasteiger partial charge in [-0.2, -0.15) is 0 Å². The van der Waals surface area contributed by atoms with Gasteiger partial charge in [0.25, 0.3) is 0 Å². The standard InChI is InChI=1S/C17H17NO3/c1-11(13-7-4-3-5-8-13)16(19)18-15-10-6-9-14(12(15)2)17(20)21/h3-11H,1-2H3,(H,18,19)(H,20,21). The second kappa shape index (κ2) is 6.22. The Hall–Kier alpha value is -2.62. The predicted molar refractivity (Wildman–Crippen MR) is 81.6 cm³/mol. The summed E-state index contributed by atoms with van der Waals surface area (Å²) < 4.78 is 0. The van der Waals surface area contributed by atoms with Crippen molar-refractivity contribution in [2.24, 2.45) is 0 Å². The van der Waals surface area contributed by atoms with Crippen LogP contribution in [-0.4, -0.2) is 17.0 Å². The number of hydrogen-bond acceptors (Lipinski definition) is 2. The first kappa shape index (κ1) is 14.8. The lowest BCUT2D eigenvalue weighted by atomic mass is 10.00. The van der Waals surface area contributed by atoms with E-state index in [1.165, 1.54) is 6.07 Å². The van der Waals surface area contributed by atoms with Gasteiger partial charge < -0.3 is 10.4 Å². The van der Waals surface area contributed by atoms with Crippen LogP contribution >= 0.6 is 0 Å². The van der Waals surface area contributed by atoms with Crippen LogP contribution in [0.15, 0.2) is 48.5 Å². The fraction of sp³-hybridized carbons (Fsp3) is 0.176. The Balaban J connectivity index is 2.21. The van der Waals surface area contributed by atoms with E-state index < -0.39 is 5.97 Å². The Morgan fingerprint density at radius 1 is 1.05 bits per heavy atom. The van der Waals surface area contributed by atoms with E-state index in [9.17, 15) is 9.59 Å². The Kier molecular flexibility index (Phi) is 4.38. The molecule has 1 amide bonds. The Morgan fingerprint density at radius 2 is 1.71 bits per heavy atom. The van der Waals surface area contributed by atoms with Crippen LogP contribution in [0.1, 0.15) is 34.3 Å². The molecule has 2 rings (SSSR count). The lowest BCUT2D eigenvalue weighted by molar-refractivity contribution is -0.117. The maximum Gasteiger partial charge on any atom is 0.336 e. The van der Waals surface area contributed by atoms with Gasteiger partial charge in [-0.3, -0.25) is 4.79 Å². The molecule has 1 unspecified atom stereocenters. The van der Waals surface area contributed by atoms with Gasteiger partial charge in [0.1, 0.15) is 0 Å². The SMILES string of the molecule is Cc1c(NC(=O)C(C)c2ccccc2)cccc1C(=O)O. The van der Waals surface area contributed by atoms with Crippen LogP contribution in [0.25, 0.3) is 0 Å². The fourth-order valence-corrected chi connectivity index (χ4v) is 2.14. The minimum absolute atomic E-state index is 0.160. The molecule has 0 spiro atoms. The van der Waals surface area contributed by atoms with Crippen molar-refractivity contribution in [1.29, 1.82) is 0 Å². The number of hydrogen-bond donors (Lipinski definition) is 2. The molecule has 0 aliphatic heterocycles. The van der Waals surface area contributed by atoms with Gasteiger partial charge in [0, 0.05) is 5.69 Å². The van der Waals surface area contributed by atoms with E-state index in [4.69, 9.17) is 5.11 Å². The van der Waals surface area contributed by atoms with Gasteiger partial charge >= 0.3 is 5.97 Å². The maximum absolute atomic E-state index is 12.3. The summed E-state index contributed by atoms with van der Waals surface area (Å²) in [6, 6.07) is 14.3. The first-order valence-electron chi connectivity index (χ1n) is 6.69. The zero-order valence-electron chi connectivity index (χ0n) is 12.0. The van der Waals surface area contributed by atoms with Crippen molar-refractivity contribution in [2.75, 3.05) is 5.32 Å². The van der Waals surface area contributed by atoms with Gasteiger partial charge in [-0.25, -0.2) is 4.79 Å². The van der Waals surface area contributed by atoms with Crippen molar-refractivity contribution in [3.05, 3.63) is 65.2 Å². The molecular formula is C17H17NO3. The highest BCUT2D eigenvalue weighted by Gasteiger charge is 2.17. The number of carboxylic acid groups (broad SMARTS) is 1. The number of carbonyl (C=O) groups excluding carboxylic acids is 1. The van der Waals surface area contributed by atoms with E-state index in [-0.39, 0.29) is 17.4 Å². The summed E-state index contributed by atoms with van der Waals surface area (Å²) >= 11 is 0. The van der Waals surface area contributed by atoms with Crippen LogP contribution in [0.5, 0.6) is 0 Å². The molecule has 2 N–H and O–H groups in total. The molecule has 4 heteroatoms. The zero-order valence-corrected chi connectivity index (χ0v) is 12.0. The average molecular weight is 283 g/mol. The Labute approximate surface area is 123 Å². The molecule has 0 aromatic heterocycles. The molecule has 2 aromatic rings. The van der Waals surface area contributed by atoms with Crippen molar-refractivity contribution < 1.29 is 14.7 Å². The summed E-state index contributed by atoms with van der Waals surface area (Å²) in [6.45, 7) is 3.51. The van der Waals surface area contributed by atoms with E-state index in [1.54, 1.807) is 19.1 Å². The Bertz CT molecular complexity index is 665. The zero-order chi connectivity index (χ0) is 15.4. The van der Waals surface area contributed by atoms with Crippen LogP contribution in [-0.2, 0) is 4.79 Å². The number of carboxylic acids is 1. The molecule has 108 valence electrons. The molecule has 0 radical (unpaired) electrons. The van der Waals surface area contributed by atoms with Crippen LogP contribution in [0.2, 0.25) is 0 Å². The lowest BCUT2D eigenvalue weighted by Crippen LogP contribution is -2.20. The highest BCUT2D eigenvalue weighted by Crippen LogP contribution is 2.22. The number of aromatic carboxylic acids is 1. The molecule has 0 saturated heterocycles. The Morgan fingerprint density at radius 3 is 2.33 bits per heavy atom. The highest BCUT2D eigenvalue weighted by atomic mass is 16.4. The van der Waals surface area contributed by atoms with E-state index in [0.717, 1.165) is 5.56 Å². The number of benzene rings is 2. The minimum Gasteiger partial charge on any atom is -0.478 e. The predicted octanol–water partition coefficient (Wildman–Crippen LogP) is 3.44. The van der Waals surface area contributed by atoms with Crippen molar-refractivity contribution in [1.82, 2.24) is 0 Å². The number of nitrogens with one attached hydrogen (secondary N) is 1. The van der Waals surface area contributed by atoms with Crippen molar-refractivity contribution in [3.8, 4) is 0 Å². The molecule has 0 fully saturated rings. The van der Waals surface area contributed by atoms with Crippen LogP contribution in [0, 0.1) is 6.92 Å². The number of anilines is 1. The van der Waals surface area contributed by atoms with E-state index in [2.05, 4.69) is 5.32 Å². The molecule has 21 heavy (non-hydrogen) atoms. The lowest BCUT2D eigenvalue weighted by Gasteiger charge is -2.15. The van der Waals surface area contributed by atoms with E-state index >= 15 is 0 Å². The molecule has 4 nitrogen and oxygen atoms in total. The molecule has 0 aliphatic carbocycles. The summed E-state index contributed by atoms with van der Waals surface area (Å²) in [7, 11) is 0. The second-order valence-corrected chi connectivity index (χ2v) is 4.90. The van der Waals surface area contributed by atoms with Crippen LogP contribution < -0.4 is 5.32 Å².